The van der Waals surface area contributed by atoms with E-state index in [0.29, 0.717) is 32.5 Å². The summed E-state index contributed by atoms with van der Waals surface area (Å²) in [6, 6.07) is 9.85. The Morgan fingerprint density at radius 1 is 1.29 bits per heavy atom. The van der Waals surface area contributed by atoms with Crippen LogP contribution in [0.25, 0.3) is 0 Å². The first kappa shape index (κ1) is 15.8. The average molecular weight is 292 g/mol. The number of carbonyl (C=O) groups excluding carboxylic acids is 1. The minimum Gasteiger partial charge on any atom is -0.396 e. The van der Waals surface area contributed by atoms with Crippen molar-refractivity contribution >= 4 is 11.6 Å². The number of hydrogen-bond acceptors (Lipinski definition) is 4. The number of anilines is 1. The predicted molar refractivity (Wildman–Crippen MR) is 82.2 cm³/mol. The third kappa shape index (κ3) is 4.72. The van der Waals surface area contributed by atoms with Crippen LogP contribution in [0.2, 0.25) is 0 Å². The van der Waals surface area contributed by atoms with Crippen LogP contribution >= 0.6 is 0 Å². The Labute approximate surface area is 125 Å². The fraction of sp³-hybridized carbons (Fsp3) is 0.562. The van der Waals surface area contributed by atoms with Crippen molar-refractivity contribution in [1.29, 1.82) is 0 Å². The molecule has 0 radical (unpaired) electrons. The normalized spacial score (nSPS) is 16.3. The molecule has 0 bridgehead atoms. The molecule has 2 rings (SSSR count). The number of β-amino-alcohol motifs (C(OH)–C–C–N with tert-alkyl or cyclic N) is 1. The van der Waals surface area contributed by atoms with E-state index in [1.165, 1.54) is 0 Å². The van der Waals surface area contributed by atoms with Gasteiger partial charge in [0.2, 0.25) is 5.91 Å². The highest BCUT2D eigenvalue weighted by Gasteiger charge is 2.23. The minimum absolute atomic E-state index is 0.129. The second kappa shape index (κ2) is 8.00. The molecule has 1 aliphatic heterocycles. The standard InChI is InChI=1S/C16H24N2O3/c19-11-5-10-17(14-6-2-1-3-7-14)12-15(20)13-18-9-4-8-16(18)21/h1-3,6-7,15,19-20H,4-5,8-13H2. The van der Waals surface area contributed by atoms with Crippen molar-refractivity contribution in [1.82, 2.24) is 4.90 Å². The zero-order chi connectivity index (χ0) is 15.1. The molecule has 0 saturated carbocycles. The molecule has 0 aliphatic carbocycles. The summed E-state index contributed by atoms with van der Waals surface area (Å²) < 4.78 is 0. The Hall–Kier alpha value is -1.59. The number of para-hydroxylation sites is 1. The Morgan fingerprint density at radius 2 is 2.05 bits per heavy atom. The molecule has 1 saturated heterocycles. The van der Waals surface area contributed by atoms with E-state index in [-0.39, 0.29) is 12.5 Å². The van der Waals surface area contributed by atoms with Gasteiger partial charge in [-0.1, -0.05) is 18.2 Å². The summed E-state index contributed by atoms with van der Waals surface area (Å²) >= 11 is 0. The second-order valence-corrected chi connectivity index (χ2v) is 5.46. The smallest absolute Gasteiger partial charge is 0.222 e. The van der Waals surface area contributed by atoms with Gasteiger partial charge in [-0.15, -0.1) is 0 Å². The number of rotatable bonds is 8. The Kier molecular flexibility index (Phi) is 6.02. The predicted octanol–water partition coefficient (Wildman–Crippen LogP) is 0.859. The maximum absolute atomic E-state index is 11.6. The van der Waals surface area contributed by atoms with Crippen molar-refractivity contribution in [3.63, 3.8) is 0 Å². The van der Waals surface area contributed by atoms with Gasteiger partial charge in [0.05, 0.1) is 6.10 Å². The number of aliphatic hydroxyl groups is 2. The van der Waals surface area contributed by atoms with Crippen molar-refractivity contribution in [3.8, 4) is 0 Å². The maximum Gasteiger partial charge on any atom is 0.222 e. The molecule has 5 heteroatoms. The highest BCUT2D eigenvalue weighted by atomic mass is 16.3. The molecule has 21 heavy (non-hydrogen) atoms. The first-order valence-corrected chi connectivity index (χ1v) is 7.57. The summed E-state index contributed by atoms with van der Waals surface area (Å²) in [5.41, 5.74) is 1.03. The largest absolute Gasteiger partial charge is 0.396 e. The van der Waals surface area contributed by atoms with Crippen LogP contribution < -0.4 is 4.90 Å². The van der Waals surface area contributed by atoms with Crippen LogP contribution in [0.5, 0.6) is 0 Å². The molecule has 2 N–H and O–H groups in total. The number of likely N-dealkylation sites (tertiary alicyclic amines) is 1. The van der Waals surface area contributed by atoms with Gasteiger partial charge in [-0.3, -0.25) is 4.79 Å². The molecule has 116 valence electrons. The van der Waals surface area contributed by atoms with E-state index in [1.54, 1.807) is 4.90 Å². The maximum atomic E-state index is 11.6. The fourth-order valence-corrected chi connectivity index (χ4v) is 2.69. The van der Waals surface area contributed by atoms with E-state index in [4.69, 9.17) is 5.11 Å². The molecule has 0 aromatic heterocycles. The highest BCUT2D eigenvalue weighted by molar-refractivity contribution is 5.78. The lowest BCUT2D eigenvalue weighted by Gasteiger charge is -2.29. The van der Waals surface area contributed by atoms with Crippen LogP contribution in [0.4, 0.5) is 5.69 Å². The number of carbonyl (C=O) groups is 1. The Morgan fingerprint density at radius 3 is 2.67 bits per heavy atom. The lowest BCUT2D eigenvalue weighted by atomic mass is 10.2. The van der Waals surface area contributed by atoms with Gasteiger partial charge in [-0.2, -0.15) is 0 Å². The summed E-state index contributed by atoms with van der Waals surface area (Å²) in [5, 5.41) is 19.3. The molecule has 1 heterocycles. The van der Waals surface area contributed by atoms with E-state index in [9.17, 15) is 9.90 Å². The molecule has 1 amide bonds. The van der Waals surface area contributed by atoms with Crippen molar-refractivity contribution < 1.29 is 15.0 Å². The van der Waals surface area contributed by atoms with Gasteiger partial charge in [0.1, 0.15) is 0 Å². The van der Waals surface area contributed by atoms with Gasteiger partial charge < -0.3 is 20.0 Å². The van der Waals surface area contributed by atoms with E-state index in [0.717, 1.165) is 18.7 Å². The van der Waals surface area contributed by atoms with E-state index >= 15 is 0 Å². The van der Waals surface area contributed by atoms with Crippen LogP contribution in [0, 0.1) is 0 Å². The lowest BCUT2D eigenvalue weighted by molar-refractivity contribution is -0.128. The second-order valence-electron chi connectivity index (χ2n) is 5.46. The third-order valence-corrected chi connectivity index (χ3v) is 3.74. The van der Waals surface area contributed by atoms with E-state index in [1.807, 2.05) is 30.3 Å². The van der Waals surface area contributed by atoms with Crippen molar-refractivity contribution in [2.75, 3.05) is 37.7 Å². The quantitative estimate of drug-likeness (QED) is 0.746. The monoisotopic (exact) mass is 292 g/mol. The highest BCUT2D eigenvalue weighted by Crippen LogP contribution is 2.15. The molecule has 1 aromatic carbocycles. The van der Waals surface area contributed by atoms with Crippen LogP contribution in [0.3, 0.4) is 0 Å². The van der Waals surface area contributed by atoms with Gasteiger partial charge in [0.15, 0.2) is 0 Å². The van der Waals surface area contributed by atoms with Gasteiger partial charge in [-0.25, -0.2) is 0 Å². The number of nitrogens with zero attached hydrogens (tertiary/aromatic N) is 2. The number of hydrogen-bond donors (Lipinski definition) is 2. The molecule has 1 unspecified atom stereocenters. The van der Waals surface area contributed by atoms with Crippen LogP contribution in [-0.4, -0.2) is 59.9 Å². The molecule has 1 fully saturated rings. The van der Waals surface area contributed by atoms with Crippen LogP contribution in [0.1, 0.15) is 19.3 Å². The van der Waals surface area contributed by atoms with Gasteiger partial charge in [-0.05, 0) is 25.0 Å². The molecule has 1 atom stereocenters. The molecule has 0 spiro atoms. The van der Waals surface area contributed by atoms with Gasteiger partial charge >= 0.3 is 0 Å². The molecule has 5 nitrogen and oxygen atoms in total. The average Bonchev–Trinajstić information content (AvgIpc) is 2.89. The SMILES string of the molecule is O=C1CCCN1CC(O)CN(CCCO)c1ccccc1. The minimum atomic E-state index is -0.578. The molecule has 1 aliphatic rings. The van der Waals surface area contributed by atoms with Crippen molar-refractivity contribution in [3.05, 3.63) is 30.3 Å². The number of amides is 1. The van der Waals surface area contributed by atoms with Crippen LogP contribution in [0.15, 0.2) is 30.3 Å². The summed E-state index contributed by atoms with van der Waals surface area (Å²) in [6.07, 6.45) is 1.56. The summed E-state index contributed by atoms with van der Waals surface area (Å²) in [4.78, 5) is 15.4. The zero-order valence-corrected chi connectivity index (χ0v) is 12.3. The first-order valence-electron chi connectivity index (χ1n) is 7.57. The third-order valence-electron chi connectivity index (χ3n) is 3.74. The fourth-order valence-electron chi connectivity index (χ4n) is 2.69. The molecule has 1 aromatic rings. The number of aliphatic hydroxyl groups excluding tert-OH is 2. The Bertz CT molecular complexity index is 438. The zero-order valence-electron chi connectivity index (χ0n) is 12.3. The molecular formula is C16H24N2O3. The lowest BCUT2D eigenvalue weighted by Crippen LogP contribution is -2.41. The molecular weight excluding hydrogens is 268 g/mol. The van der Waals surface area contributed by atoms with E-state index in [2.05, 4.69) is 4.90 Å². The Balaban J connectivity index is 1.92. The topological polar surface area (TPSA) is 64.0 Å². The summed E-state index contributed by atoms with van der Waals surface area (Å²) in [7, 11) is 0. The summed E-state index contributed by atoms with van der Waals surface area (Å²) in [5.74, 6) is 0.135. The van der Waals surface area contributed by atoms with Crippen molar-refractivity contribution in [2.24, 2.45) is 0 Å². The van der Waals surface area contributed by atoms with Crippen LogP contribution in [-0.2, 0) is 4.79 Å². The first-order chi connectivity index (χ1) is 10.2. The number of benzene rings is 1. The van der Waals surface area contributed by atoms with Crippen molar-refractivity contribution in [2.45, 2.75) is 25.4 Å². The van der Waals surface area contributed by atoms with E-state index < -0.39 is 6.10 Å². The van der Waals surface area contributed by atoms with Gasteiger partial charge in [0, 0.05) is 44.9 Å². The summed E-state index contributed by atoms with van der Waals surface area (Å²) in [6.45, 7) is 2.42. The van der Waals surface area contributed by atoms with Gasteiger partial charge in [0.25, 0.3) is 0 Å².